The summed E-state index contributed by atoms with van der Waals surface area (Å²) in [6, 6.07) is 8.25. The Kier molecular flexibility index (Phi) is 4.82. The molecule has 0 radical (unpaired) electrons. The van der Waals surface area contributed by atoms with E-state index < -0.39 is 10.0 Å². The first-order chi connectivity index (χ1) is 11.4. The molecule has 6 nitrogen and oxygen atoms in total. The fourth-order valence-corrected chi connectivity index (χ4v) is 3.76. The first-order valence-electron chi connectivity index (χ1n) is 6.92. The van der Waals surface area contributed by atoms with Gasteiger partial charge in [-0.3, -0.25) is 0 Å². The van der Waals surface area contributed by atoms with Crippen LogP contribution in [0.15, 0.2) is 51.1 Å². The van der Waals surface area contributed by atoms with E-state index in [-0.39, 0.29) is 4.90 Å². The molecule has 0 saturated heterocycles. The minimum Gasteiger partial charge on any atom is -0.431 e. The van der Waals surface area contributed by atoms with Gasteiger partial charge < -0.3 is 4.42 Å². The van der Waals surface area contributed by atoms with Crippen LogP contribution in [0.4, 0.5) is 0 Å². The number of aromatic nitrogens is 2. The van der Waals surface area contributed by atoms with Crippen LogP contribution in [0, 0.1) is 0 Å². The van der Waals surface area contributed by atoms with E-state index in [0.29, 0.717) is 27.2 Å². The third-order valence-electron chi connectivity index (χ3n) is 3.27. The van der Waals surface area contributed by atoms with Gasteiger partial charge in [-0.15, -0.1) is 0 Å². The highest BCUT2D eigenvalue weighted by atomic mass is 35.5. The maximum atomic E-state index is 12.2. The predicted molar refractivity (Wildman–Crippen MR) is 93.7 cm³/mol. The Hall–Kier alpha value is -1.61. The third-order valence-corrected chi connectivity index (χ3v) is 6.20. The van der Waals surface area contributed by atoms with Gasteiger partial charge in [-0.1, -0.05) is 29.4 Å². The van der Waals surface area contributed by atoms with Crippen molar-refractivity contribution in [2.75, 3.05) is 14.1 Å². The number of benzene rings is 1. The highest BCUT2D eigenvalue weighted by Gasteiger charge is 2.19. The molecular weight excluding hydrogens is 370 g/mol. The van der Waals surface area contributed by atoms with Gasteiger partial charge in [0.15, 0.2) is 5.58 Å². The normalized spacial score (nSPS) is 12.2. The number of halogens is 1. The van der Waals surface area contributed by atoms with Crippen molar-refractivity contribution in [2.24, 2.45) is 0 Å². The van der Waals surface area contributed by atoms with Crippen LogP contribution >= 0.6 is 23.4 Å². The van der Waals surface area contributed by atoms with Crippen LogP contribution in [0.2, 0.25) is 5.15 Å². The van der Waals surface area contributed by atoms with Crippen LogP contribution in [0.3, 0.4) is 0 Å². The summed E-state index contributed by atoms with van der Waals surface area (Å²) in [5.41, 5.74) is 2.04. The molecule has 0 aliphatic heterocycles. The van der Waals surface area contributed by atoms with Gasteiger partial charge in [0.1, 0.15) is 10.7 Å². The monoisotopic (exact) mass is 383 g/mol. The van der Waals surface area contributed by atoms with Crippen molar-refractivity contribution in [3.05, 3.63) is 47.2 Å². The molecule has 0 saturated carbocycles. The molecule has 0 aliphatic carbocycles. The second kappa shape index (κ2) is 6.72. The summed E-state index contributed by atoms with van der Waals surface area (Å²) >= 11 is 7.16. The Morgan fingerprint density at radius 2 is 2.04 bits per heavy atom. The molecule has 3 aromatic rings. The van der Waals surface area contributed by atoms with Gasteiger partial charge in [-0.25, -0.2) is 22.7 Å². The van der Waals surface area contributed by atoms with Gasteiger partial charge >= 0.3 is 0 Å². The molecule has 0 unspecified atom stereocenters. The van der Waals surface area contributed by atoms with Gasteiger partial charge in [0.2, 0.25) is 10.0 Å². The third kappa shape index (κ3) is 3.56. The van der Waals surface area contributed by atoms with E-state index in [4.69, 9.17) is 16.0 Å². The van der Waals surface area contributed by atoms with E-state index in [1.165, 1.54) is 38.0 Å². The number of rotatable bonds is 5. The predicted octanol–water partition coefficient (Wildman–Crippen LogP) is 3.42. The number of fused-ring (bicyclic) bond motifs is 1. The van der Waals surface area contributed by atoms with Crippen LogP contribution in [0.25, 0.3) is 11.1 Å². The Morgan fingerprint density at radius 3 is 2.71 bits per heavy atom. The van der Waals surface area contributed by atoms with E-state index in [2.05, 4.69) is 9.97 Å². The van der Waals surface area contributed by atoms with E-state index >= 15 is 0 Å². The molecule has 0 spiro atoms. The number of hydrogen-bond acceptors (Lipinski definition) is 6. The zero-order valence-electron chi connectivity index (χ0n) is 12.9. The van der Waals surface area contributed by atoms with Crippen molar-refractivity contribution in [3.63, 3.8) is 0 Å². The molecule has 0 bridgehead atoms. The zero-order chi connectivity index (χ0) is 17.3. The lowest BCUT2D eigenvalue weighted by Crippen LogP contribution is -2.22. The fraction of sp³-hybridized carbons (Fsp3) is 0.200. The molecule has 0 N–H and O–H groups in total. The number of sulfonamides is 1. The molecule has 0 fully saturated rings. The summed E-state index contributed by atoms with van der Waals surface area (Å²) in [5, 5.41) is 0.916. The first kappa shape index (κ1) is 17.2. The Balaban J connectivity index is 1.82. The highest BCUT2D eigenvalue weighted by Crippen LogP contribution is 2.28. The molecule has 24 heavy (non-hydrogen) atoms. The molecule has 9 heteroatoms. The molecule has 2 heterocycles. The van der Waals surface area contributed by atoms with Crippen LogP contribution in [0.1, 0.15) is 5.56 Å². The van der Waals surface area contributed by atoms with Crippen molar-refractivity contribution in [3.8, 4) is 0 Å². The minimum absolute atomic E-state index is 0.187. The maximum Gasteiger partial charge on any atom is 0.257 e. The van der Waals surface area contributed by atoms with Gasteiger partial charge in [0.05, 0.1) is 4.90 Å². The van der Waals surface area contributed by atoms with E-state index in [0.717, 1.165) is 9.87 Å². The molecule has 0 aliphatic rings. The van der Waals surface area contributed by atoms with Crippen LogP contribution in [-0.2, 0) is 15.8 Å². The summed E-state index contributed by atoms with van der Waals surface area (Å²) < 4.78 is 31.1. The van der Waals surface area contributed by atoms with Crippen LogP contribution in [0.5, 0.6) is 0 Å². The van der Waals surface area contributed by atoms with Crippen LogP contribution in [-0.4, -0.2) is 36.8 Å². The molecule has 1 aromatic carbocycles. The van der Waals surface area contributed by atoms with Gasteiger partial charge in [-0.05, 0) is 29.8 Å². The highest BCUT2D eigenvalue weighted by molar-refractivity contribution is 7.98. The van der Waals surface area contributed by atoms with Crippen molar-refractivity contribution in [2.45, 2.75) is 15.9 Å². The molecule has 0 amide bonds. The zero-order valence-corrected chi connectivity index (χ0v) is 15.3. The van der Waals surface area contributed by atoms with E-state index in [1.807, 2.05) is 6.07 Å². The van der Waals surface area contributed by atoms with Crippen molar-refractivity contribution < 1.29 is 12.8 Å². The molecular formula is C15H14ClN3O3S2. The summed E-state index contributed by atoms with van der Waals surface area (Å²) in [5.74, 6) is 0.625. The Morgan fingerprint density at radius 1 is 1.25 bits per heavy atom. The standard InChI is InChI=1S/C15H14ClN3O3S2/c1-19(2)24(20,21)11-4-5-13-12(7-11)18-15(22-13)23-9-10-3-6-14(16)17-8-10/h3-8H,9H2,1-2H3. The molecule has 2 aromatic heterocycles. The van der Waals surface area contributed by atoms with Crippen LogP contribution < -0.4 is 0 Å². The minimum atomic E-state index is -3.49. The summed E-state index contributed by atoms with van der Waals surface area (Å²) in [6.07, 6.45) is 1.69. The number of thioether (sulfide) groups is 1. The van der Waals surface area contributed by atoms with E-state index in [1.54, 1.807) is 18.3 Å². The fourth-order valence-electron chi connectivity index (χ4n) is 1.96. The Bertz CT molecular complexity index is 969. The number of hydrogen-bond donors (Lipinski definition) is 0. The lowest BCUT2D eigenvalue weighted by atomic mass is 10.3. The molecule has 126 valence electrons. The Labute approximate surface area is 148 Å². The largest absolute Gasteiger partial charge is 0.431 e. The molecule has 0 atom stereocenters. The smallest absolute Gasteiger partial charge is 0.257 e. The summed E-state index contributed by atoms with van der Waals surface area (Å²) in [7, 11) is -0.515. The SMILES string of the molecule is CN(C)S(=O)(=O)c1ccc2oc(SCc3ccc(Cl)nc3)nc2c1. The van der Waals surface area contributed by atoms with Gasteiger partial charge in [0.25, 0.3) is 5.22 Å². The number of nitrogens with zero attached hydrogens (tertiary/aromatic N) is 3. The number of pyridine rings is 1. The average molecular weight is 384 g/mol. The topological polar surface area (TPSA) is 76.3 Å². The van der Waals surface area contributed by atoms with Gasteiger partial charge in [0, 0.05) is 26.0 Å². The maximum absolute atomic E-state index is 12.2. The second-order valence-corrected chi connectivity index (χ2v) is 8.64. The average Bonchev–Trinajstić information content (AvgIpc) is 2.96. The van der Waals surface area contributed by atoms with E-state index in [9.17, 15) is 8.42 Å². The number of oxazole rings is 1. The lowest BCUT2D eigenvalue weighted by Gasteiger charge is -2.10. The first-order valence-corrected chi connectivity index (χ1v) is 9.73. The van der Waals surface area contributed by atoms with Crippen molar-refractivity contribution >= 4 is 44.5 Å². The van der Waals surface area contributed by atoms with Crippen molar-refractivity contribution in [1.29, 1.82) is 0 Å². The van der Waals surface area contributed by atoms with Gasteiger partial charge in [-0.2, -0.15) is 0 Å². The molecule has 3 rings (SSSR count). The van der Waals surface area contributed by atoms with Crippen molar-refractivity contribution in [1.82, 2.24) is 14.3 Å². The lowest BCUT2D eigenvalue weighted by molar-refractivity contribution is 0.489. The summed E-state index contributed by atoms with van der Waals surface area (Å²) in [4.78, 5) is 8.55. The second-order valence-electron chi connectivity index (χ2n) is 5.17. The quantitative estimate of drug-likeness (QED) is 0.496. The summed E-state index contributed by atoms with van der Waals surface area (Å²) in [6.45, 7) is 0.